The molecule has 1 saturated heterocycles. The summed E-state index contributed by atoms with van der Waals surface area (Å²) in [6.07, 6.45) is 6.32. The van der Waals surface area contributed by atoms with Gasteiger partial charge in [-0.25, -0.2) is 0 Å². The molecular formula is C15H27NOY-2. The minimum Gasteiger partial charge on any atom is -0.348 e. The number of nitrogens with zero attached hydrogens (tertiary/aromatic N) is 1. The van der Waals surface area contributed by atoms with Crippen molar-refractivity contribution in [1.82, 2.24) is 4.90 Å². The van der Waals surface area contributed by atoms with Gasteiger partial charge in [-0.1, -0.05) is 20.8 Å². The first-order valence-electron chi connectivity index (χ1n) is 6.83. The van der Waals surface area contributed by atoms with Crippen LogP contribution in [0, 0.1) is 18.3 Å². The topological polar surface area (TPSA) is 20.3 Å². The Kier molecular flexibility index (Phi) is 8.96. The normalized spacial score (nSPS) is 17.4. The maximum absolute atomic E-state index is 12.0. The Labute approximate surface area is 138 Å². The number of likely N-dealkylation sites (tertiary alicyclic amines) is 1. The number of piperidine rings is 1. The number of carbonyl (C=O) groups excluding carboxylic acids is 1. The van der Waals surface area contributed by atoms with Crippen molar-refractivity contribution in [2.24, 2.45) is 5.41 Å². The van der Waals surface area contributed by atoms with Crippen LogP contribution in [-0.4, -0.2) is 23.9 Å². The van der Waals surface area contributed by atoms with Gasteiger partial charge in [0, 0.05) is 39.1 Å². The molecule has 1 aliphatic heterocycles. The molecule has 0 aromatic carbocycles. The van der Waals surface area contributed by atoms with Crippen molar-refractivity contribution in [2.45, 2.75) is 59.3 Å². The maximum Gasteiger partial charge on any atom is 0.222 e. The second-order valence-corrected chi connectivity index (χ2v) is 6.33. The smallest absolute Gasteiger partial charge is 0.222 e. The van der Waals surface area contributed by atoms with E-state index < -0.39 is 0 Å². The van der Waals surface area contributed by atoms with Crippen LogP contribution in [0.2, 0.25) is 0 Å². The Morgan fingerprint density at radius 2 is 1.83 bits per heavy atom. The van der Waals surface area contributed by atoms with Gasteiger partial charge in [0.15, 0.2) is 0 Å². The molecule has 3 heteroatoms. The summed E-state index contributed by atoms with van der Waals surface area (Å²) < 4.78 is 0. The molecule has 1 fully saturated rings. The van der Waals surface area contributed by atoms with Gasteiger partial charge in [-0.05, 0) is 18.5 Å². The SMILES string of the molecule is [CH2-]CCC[C-]1CCN(C(=O)CC(C)(C)C)CC1.[Y]. The zero-order valence-corrected chi connectivity index (χ0v) is 15.1. The number of carbonyl (C=O) groups is 1. The van der Waals surface area contributed by atoms with E-state index in [9.17, 15) is 4.79 Å². The van der Waals surface area contributed by atoms with Gasteiger partial charge in [-0.3, -0.25) is 4.79 Å². The summed E-state index contributed by atoms with van der Waals surface area (Å²) in [6.45, 7) is 12.1. The van der Waals surface area contributed by atoms with Crippen LogP contribution in [0.15, 0.2) is 0 Å². The Morgan fingerprint density at radius 3 is 2.28 bits per heavy atom. The maximum atomic E-state index is 12.0. The van der Waals surface area contributed by atoms with Crippen molar-refractivity contribution in [3.05, 3.63) is 12.8 Å². The summed E-state index contributed by atoms with van der Waals surface area (Å²) >= 11 is 0. The first-order valence-corrected chi connectivity index (χ1v) is 6.83. The Hall–Kier alpha value is 0.574. The fraction of sp³-hybridized carbons (Fsp3) is 0.800. The third kappa shape index (κ3) is 7.23. The van der Waals surface area contributed by atoms with E-state index in [1.54, 1.807) is 5.92 Å². The zero-order valence-electron chi connectivity index (χ0n) is 12.3. The molecule has 1 aliphatic rings. The van der Waals surface area contributed by atoms with Gasteiger partial charge < -0.3 is 17.7 Å². The molecule has 0 aromatic rings. The van der Waals surface area contributed by atoms with Gasteiger partial charge in [-0.2, -0.15) is 25.7 Å². The van der Waals surface area contributed by atoms with Gasteiger partial charge in [0.2, 0.25) is 5.91 Å². The quantitative estimate of drug-likeness (QED) is 0.723. The van der Waals surface area contributed by atoms with E-state index in [1.807, 2.05) is 4.90 Å². The van der Waals surface area contributed by atoms with Crippen LogP contribution >= 0.6 is 0 Å². The van der Waals surface area contributed by atoms with E-state index in [0.29, 0.717) is 12.3 Å². The molecule has 0 saturated carbocycles. The molecular weight excluding hydrogens is 299 g/mol. The molecule has 0 unspecified atom stereocenters. The third-order valence-electron chi connectivity index (χ3n) is 3.29. The van der Waals surface area contributed by atoms with Crippen LogP contribution in [0.3, 0.4) is 0 Å². The molecule has 1 heterocycles. The van der Waals surface area contributed by atoms with Crippen molar-refractivity contribution < 1.29 is 37.5 Å². The minimum atomic E-state index is 0. The number of amides is 1. The molecule has 0 spiro atoms. The summed E-state index contributed by atoms with van der Waals surface area (Å²) in [4.78, 5) is 14.1. The molecule has 0 atom stereocenters. The van der Waals surface area contributed by atoms with Crippen molar-refractivity contribution in [1.29, 1.82) is 0 Å². The van der Waals surface area contributed by atoms with Crippen LogP contribution in [0.4, 0.5) is 0 Å². The number of rotatable bonds is 4. The van der Waals surface area contributed by atoms with Crippen LogP contribution in [-0.2, 0) is 37.5 Å². The molecule has 0 aromatic heterocycles. The monoisotopic (exact) mass is 326 g/mol. The average molecular weight is 326 g/mol. The van der Waals surface area contributed by atoms with Gasteiger partial charge in [0.25, 0.3) is 0 Å². The van der Waals surface area contributed by atoms with Crippen molar-refractivity contribution in [3.8, 4) is 0 Å². The summed E-state index contributed by atoms with van der Waals surface area (Å²) in [5.74, 6) is 1.96. The van der Waals surface area contributed by atoms with E-state index in [4.69, 9.17) is 0 Å². The van der Waals surface area contributed by atoms with E-state index in [0.717, 1.165) is 32.4 Å². The summed E-state index contributed by atoms with van der Waals surface area (Å²) in [5, 5.41) is 0. The molecule has 2 nitrogen and oxygen atoms in total. The molecule has 1 rings (SSSR count). The molecule has 0 N–H and O–H groups in total. The Balaban J connectivity index is 0.00000289. The average Bonchev–Trinajstić information content (AvgIpc) is 2.24. The molecule has 1 amide bonds. The number of hydrogen-bond donors (Lipinski definition) is 0. The second kappa shape index (κ2) is 8.69. The fourth-order valence-electron chi connectivity index (χ4n) is 2.26. The minimum absolute atomic E-state index is 0. The van der Waals surface area contributed by atoms with Gasteiger partial charge >= 0.3 is 0 Å². The van der Waals surface area contributed by atoms with Crippen LogP contribution in [0.25, 0.3) is 0 Å². The Bertz CT molecular complexity index is 239. The fourth-order valence-corrected chi connectivity index (χ4v) is 2.26. The predicted molar refractivity (Wildman–Crippen MR) is 72.3 cm³/mol. The molecule has 0 bridgehead atoms. The standard InChI is InChI=1S/C15H27NO.Y/c1-5-6-7-13-8-10-16(11-9-13)14(17)12-15(2,3)4;/h1,5-12H2,2-4H3;/q-2;. The first kappa shape index (κ1) is 18.6. The summed E-state index contributed by atoms with van der Waals surface area (Å²) in [5.41, 5.74) is 0.106. The van der Waals surface area contributed by atoms with Crippen LogP contribution in [0.1, 0.15) is 59.3 Å². The molecule has 103 valence electrons. The van der Waals surface area contributed by atoms with E-state index in [-0.39, 0.29) is 38.1 Å². The van der Waals surface area contributed by atoms with Crippen molar-refractivity contribution in [2.75, 3.05) is 13.1 Å². The zero-order chi connectivity index (χ0) is 12.9. The van der Waals surface area contributed by atoms with Crippen LogP contribution in [0.5, 0.6) is 0 Å². The second-order valence-electron chi connectivity index (χ2n) is 6.33. The molecule has 1 radical (unpaired) electrons. The third-order valence-corrected chi connectivity index (χ3v) is 3.29. The largest absolute Gasteiger partial charge is 0.348 e. The van der Waals surface area contributed by atoms with Crippen molar-refractivity contribution in [3.63, 3.8) is 0 Å². The number of hydrogen-bond acceptors (Lipinski definition) is 1. The first-order chi connectivity index (χ1) is 7.92. The molecule has 18 heavy (non-hydrogen) atoms. The van der Waals surface area contributed by atoms with Gasteiger partial charge in [-0.15, -0.1) is 6.42 Å². The van der Waals surface area contributed by atoms with Gasteiger partial charge in [0.1, 0.15) is 0 Å². The summed E-state index contributed by atoms with van der Waals surface area (Å²) in [7, 11) is 0. The van der Waals surface area contributed by atoms with E-state index in [1.165, 1.54) is 12.8 Å². The van der Waals surface area contributed by atoms with Crippen LogP contribution < -0.4 is 0 Å². The Morgan fingerprint density at radius 1 is 1.28 bits per heavy atom. The number of unbranched alkanes of at least 4 members (excludes halogenated alkanes) is 1. The summed E-state index contributed by atoms with van der Waals surface area (Å²) in [6, 6.07) is 0. The van der Waals surface area contributed by atoms with Gasteiger partial charge in [0.05, 0.1) is 0 Å². The van der Waals surface area contributed by atoms with E-state index in [2.05, 4.69) is 27.7 Å². The van der Waals surface area contributed by atoms with Crippen molar-refractivity contribution >= 4 is 5.91 Å². The predicted octanol–water partition coefficient (Wildman–Crippen LogP) is 3.62. The van der Waals surface area contributed by atoms with E-state index >= 15 is 0 Å². The molecule has 0 aliphatic carbocycles.